The van der Waals surface area contributed by atoms with Gasteiger partial charge in [-0.25, -0.2) is 4.98 Å². The third-order valence-electron chi connectivity index (χ3n) is 4.41. The molecule has 29 heavy (non-hydrogen) atoms. The molecule has 1 aliphatic rings. The van der Waals surface area contributed by atoms with Gasteiger partial charge in [-0.05, 0) is 56.3 Å². The van der Waals surface area contributed by atoms with E-state index in [0.29, 0.717) is 16.7 Å². The van der Waals surface area contributed by atoms with Gasteiger partial charge in [0.25, 0.3) is 11.0 Å². The molecule has 0 amide bonds. The topological polar surface area (TPSA) is 48.3 Å². The lowest BCUT2D eigenvalue weighted by Crippen LogP contribution is -2.96. The molecule has 0 spiro atoms. The molecule has 3 aromatic rings. The highest BCUT2D eigenvalue weighted by Crippen LogP contribution is 2.33. The number of halogens is 4. The summed E-state index contributed by atoms with van der Waals surface area (Å²) in [6.45, 7) is 3.86. The lowest BCUT2D eigenvalue weighted by atomic mass is 10.2. The van der Waals surface area contributed by atoms with Crippen molar-refractivity contribution in [1.82, 2.24) is 4.98 Å². The Morgan fingerprint density at radius 3 is 2.41 bits per heavy atom. The molecule has 1 aromatic heterocycles. The largest absolute Gasteiger partial charge is 0.416 e. The van der Waals surface area contributed by atoms with Gasteiger partial charge in [-0.2, -0.15) is 18.6 Å². The van der Waals surface area contributed by atoms with Crippen LogP contribution in [-0.2, 0) is 6.18 Å². The summed E-state index contributed by atoms with van der Waals surface area (Å²) in [6.07, 6.45) is -4.43. The summed E-state index contributed by atoms with van der Waals surface area (Å²) < 4.78 is 40.6. The third-order valence-corrected chi connectivity index (χ3v) is 6.00. The molecule has 0 fully saturated rings. The van der Waals surface area contributed by atoms with E-state index in [1.807, 2.05) is 38.1 Å². The number of hydrogen-bond acceptors (Lipinski definition) is 5. The van der Waals surface area contributed by atoms with Crippen molar-refractivity contribution in [3.8, 4) is 0 Å². The van der Waals surface area contributed by atoms with Gasteiger partial charge < -0.3 is 0 Å². The second-order valence-electron chi connectivity index (χ2n) is 6.44. The van der Waals surface area contributed by atoms with Crippen LogP contribution in [-0.4, -0.2) is 10.8 Å². The van der Waals surface area contributed by atoms with Crippen LogP contribution in [0.25, 0.3) is 0 Å². The van der Waals surface area contributed by atoms with Crippen molar-refractivity contribution < 1.29 is 18.6 Å². The minimum absolute atomic E-state index is 0.300. The van der Waals surface area contributed by atoms with Crippen molar-refractivity contribution in [2.45, 2.75) is 20.0 Å². The zero-order chi connectivity index (χ0) is 20.8. The molecule has 2 heterocycles. The van der Waals surface area contributed by atoms with E-state index in [-0.39, 0.29) is 0 Å². The molecule has 0 unspecified atom stereocenters. The first-order valence-corrected chi connectivity index (χ1v) is 10.2. The van der Waals surface area contributed by atoms with E-state index >= 15 is 0 Å². The number of rotatable bonds is 3. The first-order valence-electron chi connectivity index (χ1n) is 8.62. The molecule has 2 aromatic carbocycles. The molecule has 5 nitrogen and oxygen atoms in total. The maximum Gasteiger partial charge on any atom is 0.416 e. The van der Waals surface area contributed by atoms with E-state index in [1.165, 1.54) is 22.5 Å². The fourth-order valence-electron chi connectivity index (χ4n) is 2.78. The lowest BCUT2D eigenvalue weighted by molar-refractivity contribution is -0.545. The molecule has 0 bridgehead atoms. The number of alkyl halides is 3. The summed E-state index contributed by atoms with van der Waals surface area (Å²) in [7, 11) is 0. The number of hydrazine groups is 1. The van der Waals surface area contributed by atoms with Gasteiger partial charge in [0.15, 0.2) is 0 Å². The molecule has 10 heteroatoms. The Hall–Kier alpha value is -2.43. The molecule has 4 rings (SSSR count). The molecule has 0 aliphatic carbocycles. The van der Waals surface area contributed by atoms with Gasteiger partial charge in [0.05, 0.1) is 22.5 Å². The van der Waals surface area contributed by atoms with Crippen LogP contribution in [0.1, 0.15) is 21.7 Å². The Balaban J connectivity index is 1.78. The van der Waals surface area contributed by atoms with Crippen LogP contribution >= 0.6 is 27.3 Å². The maximum absolute atomic E-state index is 13.2. The van der Waals surface area contributed by atoms with Gasteiger partial charge in [0.2, 0.25) is 0 Å². The van der Waals surface area contributed by atoms with Crippen molar-refractivity contribution in [2.24, 2.45) is 5.10 Å². The summed E-state index contributed by atoms with van der Waals surface area (Å²) in [5.74, 6) is 0.625. The quantitative estimate of drug-likeness (QED) is 0.554. The van der Waals surface area contributed by atoms with E-state index < -0.39 is 11.7 Å². The predicted molar refractivity (Wildman–Crippen MR) is 111 cm³/mol. The van der Waals surface area contributed by atoms with E-state index in [1.54, 1.807) is 16.6 Å². The molecule has 2 N–H and O–H groups in total. The molecule has 1 aliphatic heterocycles. The molecular weight excluding hydrogens is 467 g/mol. The van der Waals surface area contributed by atoms with E-state index in [0.717, 1.165) is 32.7 Å². The highest BCUT2D eigenvalue weighted by molar-refractivity contribution is 9.10. The Morgan fingerprint density at radius 1 is 1.07 bits per heavy atom. The number of thiazole rings is 1. The summed E-state index contributed by atoms with van der Waals surface area (Å²) in [6, 6.07) is 12.7. The monoisotopic (exact) mass is 482 g/mol. The minimum Gasteiger partial charge on any atom is -0.219 e. The number of hydrazone groups is 1. The first kappa shape index (κ1) is 19.9. The zero-order valence-corrected chi connectivity index (χ0v) is 17.8. The van der Waals surface area contributed by atoms with E-state index in [2.05, 4.69) is 26.0 Å². The Bertz CT molecular complexity index is 1060. The van der Waals surface area contributed by atoms with Crippen LogP contribution in [0.2, 0.25) is 0 Å². The van der Waals surface area contributed by atoms with Crippen molar-refractivity contribution in [3.05, 3.63) is 74.7 Å². The van der Waals surface area contributed by atoms with Crippen LogP contribution < -0.4 is 15.7 Å². The number of nitrogens with zero attached hydrogens (tertiary/aromatic N) is 4. The fourth-order valence-corrected chi connectivity index (χ4v) is 3.92. The Labute approximate surface area is 177 Å². The Morgan fingerprint density at radius 2 is 1.79 bits per heavy atom. The van der Waals surface area contributed by atoms with Gasteiger partial charge in [-0.3, -0.25) is 0 Å². The molecule has 0 atom stereocenters. The third kappa shape index (κ3) is 4.00. The van der Waals surface area contributed by atoms with Crippen LogP contribution in [0.15, 0.2) is 58.1 Å². The van der Waals surface area contributed by atoms with Gasteiger partial charge in [0, 0.05) is 9.35 Å². The zero-order valence-electron chi connectivity index (χ0n) is 15.4. The smallest absolute Gasteiger partial charge is 0.219 e. The maximum atomic E-state index is 13.2. The standard InChI is InChI=1S/C19H15BrF3N5S/c1-11-12(2)29-18(24-11)28-26-17(13-6-8-15(20)9-7-13)25-27(28)16-5-3-4-14(10-16)19(21,22)23/h3-10H,1-2H3,(H,25,26)/p+1. The normalized spacial score (nSPS) is 14.5. The summed E-state index contributed by atoms with van der Waals surface area (Å²) in [4.78, 5) is 5.59. The highest BCUT2D eigenvalue weighted by atomic mass is 79.9. The molecular formula is C19H16BrF3N5S+. The minimum atomic E-state index is -4.43. The number of aromatic nitrogens is 1. The first-order chi connectivity index (χ1) is 13.7. The summed E-state index contributed by atoms with van der Waals surface area (Å²) >= 11 is 4.86. The van der Waals surface area contributed by atoms with Gasteiger partial charge in [0.1, 0.15) is 0 Å². The van der Waals surface area contributed by atoms with Crippen LogP contribution in [0.4, 0.5) is 24.0 Å². The van der Waals surface area contributed by atoms with Gasteiger partial charge in [-0.15, -0.1) is 5.12 Å². The predicted octanol–water partition coefficient (Wildman–Crippen LogP) is 4.62. The molecule has 0 radical (unpaired) electrons. The van der Waals surface area contributed by atoms with Gasteiger partial charge in [-0.1, -0.05) is 43.6 Å². The summed E-state index contributed by atoms with van der Waals surface area (Å²) in [5, 5.41) is 8.34. The SMILES string of the molecule is Cc1nc(N2[NH2+]C(c3ccc(Br)cc3)=NN2c2cccc(C(F)(F)F)c2)sc1C. The molecule has 150 valence electrons. The average Bonchev–Trinajstić information content (AvgIpc) is 3.26. The second-order valence-corrected chi connectivity index (χ2v) is 8.54. The number of amidine groups is 1. The van der Waals surface area contributed by atoms with Crippen molar-refractivity contribution >= 4 is 43.9 Å². The number of hydrogen-bond donors (Lipinski definition) is 1. The van der Waals surface area contributed by atoms with Crippen LogP contribution in [0, 0.1) is 13.8 Å². The van der Waals surface area contributed by atoms with E-state index in [4.69, 9.17) is 0 Å². The average molecular weight is 483 g/mol. The fraction of sp³-hybridized carbons (Fsp3) is 0.158. The van der Waals surface area contributed by atoms with Crippen molar-refractivity contribution in [1.29, 1.82) is 0 Å². The number of anilines is 2. The Kier molecular flexibility index (Phi) is 5.09. The van der Waals surface area contributed by atoms with Crippen molar-refractivity contribution in [2.75, 3.05) is 10.2 Å². The number of aryl methyl sites for hydroxylation is 2. The number of nitrogens with two attached hydrogens (primary N) is 1. The van der Waals surface area contributed by atoms with Crippen LogP contribution in [0.5, 0.6) is 0 Å². The van der Waals surface area contributed by atoms with Crippen molar-refractivity contribution in [3.63, 3.8) is 0 Å². The number of quaternary nitrogens is 1. The number of benzene rings is 2. The highest BCUT2D eigenvalue weighted by Gasteiger charge is 2.36. The molecule has 0 saturated carbocycles. The van der Waals surface area contributed by atoms with Gasteiger partial charge >= 0.3 is 6.18 Å². The second kappa shape index (κ2) is 7.43. The van der Waals surface area contributed by atoms with Crippen LogP contribution in [0.3, 0.4) is 0 Å². The molecule has 0 saturated heterocycles. The lowest BCUT2D eigenvalue weighted by Gasteiger charge is -2.22. The summed E-state index contributed by atoms with van der Waals surface area (Å²) in [5.41, 5.74) is 3.07. The van der Waals surface area contributed by atoms with E-state index in [9.17, 15) is 13.2 Å².